The summed E-state index contributed by atoms with van der Waals surface area (Å²) in [5, 5.41) is 16.0. The zero-order valence-electron chi connectivity index (χ0n) is 14.6. The molecule has 0 bridgehead atoms. The van der Waals surface area contributed by atoms with Crippen molar-refractivity contribution in [2.75, 3.05) is 30.4 Å². The number of carbonyl (C=O) groups excluding carboxylic acids is 2. The van der Waals surface area contributed by atoms with Gasteiger partial charge < -0.3 is 15.8 Å². The molecule has 0 spiro atoms. The van der Waals surface area contributed by atoms with Crippen LogP contribution in [0.2, 0.25) is 0 Å². The van der Waals surface area contributed by atoms with Crippen molar-refractivity contribution in [1.82, 2.24) is 4.98 Å². The number of rotatable bonds is 9. The molecule has 0 unspecified atom stereocenters. The lowest BCUT2D eigenvalue weighted by Gasteiger charge is -2.10. The number of thiazole rings is 1. The average molecular weight is 393 g/mol. The molecule has 144 valence electrons. The Bertz CT molecular complexity index is 838. The molecule has 2 amide bonds. The summed E-state index contributed by atoms with van der Waals surface area (Å²) in [5.74, 6) is -0.845. The van der Waals surface area contributed by atoms with Crippen molar-refractivity contribution in [2.24, 2.45) is 5.73 Å². The number of nitrogens with one attached hydrogen (secondary N) is 2. The first-order valence-corrected chi connectivity index (χ1v) is 8.84. The first-order valence-electron chi connectivity index (χ1n) is 8.02. The zero-order chi connectivity index (χ0) is 19.8. The number of nitrogens with zero attached hydrogens (tertiary/aromatic N) is 2. The molecule has 0 saturated heterocycles. The maximum absolute atomic E-state index is 12.5. The van der Waals surface area contributed by atoms with Gasteiger partial charge in [0.15, 0.2) is 5.13 Å². The molecular weight excluding hydrogens is 374 g/mol. The minimum Gasteiger partial charge on any atom is -0.380 e. The number of aromatic nitrogens is 1. The lowest BCUT2D eigenvalue weighted by atomic mass is 10.1. The normalized spacial score (nSPS) is 10.4. The summed E-state index contributed by atoms with van der Waals surface area (Å²) in [4.78, 5) is 38.8. The third kappa shape index (κ3) is 5.81. The minimum atomic E-state index is -0.552. The molecule has 1 aromatic carbocycles. The molecule has 11 heteroatoms. The highest BCUT2D eigenvalue weighted by Crippen LogP contribution is 2.30. The second-order valence-electron chi connectivity index (χ2n) is 5.37. The molecular formula is C16H19N5O5S. The van der Waals surface area contributed by atoms with E-state index in [0.29, 0.717) is 18.8 Å². The predicted octanol–water partition coefficient (Wildman–Crippen LogP) is 1.92. The average Bonchev–Trinajstić information content (AvgIpc) is 2.99. The van der Waals surface area contributed by atoms with Gasteiger partial charge in [-0.05, 0) is 30.4 Å². The van der Waals surface area contributed by atoms with Gasteiger partial charge in [0.25, 0.3) is 5.91 Å². The van der Waals surface area contributed by atoms with Gasteiger partial charge in [0, 0.05) is 6.54 Å². The Labute approximate surface area is 158 Å². The largest absolute Gasteiger partial charge is 0.380 e. The number of amides is 2. The fraction of sp³-hybridized carbons (Fsp3) is 0.312. The number of nitrogens with two attached hydrogens (primary N) is 1. The Hall–Kier alpha value is -2.89. The van der Waals surface area contributed by atoms with Crippen LogP contribution in [-0.2, 0) is 9.53 Å². The van der Waals surface area contributed by atoms with Crippen molar-refractivity contribution >= 4 is 39.0 Å². The van der Waals surface area contributed by atoms with Gasteiger partial charge in [-0.3, -0.25) is 25.0 Å². The van der Waals surface area contributed by atoms with E-state index in [9.17, 15) is 19.7 Å². The van der Waals surface area contributed by atoms with E-state index in [0.717, 1.165) is 11.3 Å². The van der Waals surface area contributed by atoms with Crippen LogP contribution in [-0.4, -0.2) is 41.5 Å². The number of hydrogen-bond acceptors (Lipinski definition) is 8. The summed E-state index contributed by atoms with van der Waals surface area (Å²) in [6.07, 6.45) is 0.119. The van der Waals surface area contributed by atoms with Gasteiger partial charge in [-0.1, -0.05) is 12.1 Å². The van der Waals surface area contributed by atoms with Crippen molar-refractivity contribution in [2.45, 2.75) is 13.3 Å². The summed E-state index contributed by atoms with van der Waals surface area (Å²) in [7, 11) is 0. The molecule has 2 rings (SSSR count). The summed E-state index contributed by atoms with van der Waals surface area (Å²) < 4.78 is 5.15. The van der Waals surface area contributed by atoms with Crippen molar-refractivity contribution in [1.29, 1.82) is 0 Å². The van der Waals surface area contributed by atoms with E-state index in [-0.39, 0.29) is 40.3 Å². The van der Waals surface area contributed by atoms with Crippen LogP contribution in [0.4, 0.5) is 15.8 Å². The first kappa shape index (κ1) is 20.4. The Balaban J connectivity index is 2.05. The molecule has 1 heterocycles. The smallest absolute Gasteiger partial charge is 0.348 e. The summed E-state index contributed by atoms with van der Waals surface area (Å²) in [6.45, 7) is 2.45. The molecule has 0 fully saturated rings. The predicted molar refractivity (Wildman–Crippen MR) is 101 cm³/mol. The van der Waals surface area contributed by atoms with Crippen molar-refractivity contribution < 1.29 is 19.2 Å². The molecule has 4 N–H and O–H groups in total. The van der Waals surface area contributed by atoms with E-state index >= 15 is 0 Å². The fourth-order valence-corrected chi connectivity index (χ4v) is 2.91. The number of ether oxygens (including phenoxy) is 1. The number of aryl methyl sites for hydroxylation is 1. The lowest BCUT2D eigenvalue weighted by molar-refractivity contribution is -0.380. The Morgan fingerprint density at radius 1 is 1.30 bits per heavy atom. The number of carbonyl (C=O) groups is 2. The molecule has 2 aromatic rings. The molecule has 27 heavy (non-hydrogen) atoms. The summed E-state index contributed by atoms with van der Waals surface area (Å²) in [6, 6.07) is 6.44. The van der Waals surface area contributed by atoms with Gasteiger partial charge in [0.1, 0.15) is 5.69 Å². The van der Waals surface area contributed by atoms with Crippen LogP contribution in [0.3, 0.4) is 0 Å². The van der Waals surface area contributed by atoms with Crippen LogP contribution in [0.1, 0.15) is 22.5 Å². The van der Waals surface area contributed by atoms with E-state index < -0.39 is 10.8 Å². The maximum Gasteiger partial charge on any atom is 0.348 e. The summed E-state index contributed by atoms with van der Waals surface area (Å²) in [5.41, 5.74) is 6.06. The lowest BCUT2D eigenvalue weighted by Crippen LogP contribution is -2.19. The first-order chi connectivity index (χ1) is 12.9. The number of anilines is 2. The third-order valence-corrected chi connectivity index (χ3v) is 4.36. The standard InChI is InChI=1S/C16H19N5O5S/c1-10-15(21(24)25)27-16(18-10)20-14(23)11-4-2-3-5-12(11)19-13(22)6-8-26-9-7-17/h2-5H,6-9,17H2,1H3,(H,19,22)(H,18,20,23). The van der Waals surface area contributed by atoms with Crippen LogP contribution >= 0.6 is 11.3 Å². The number of benzene rings is 1. The van der Waals surface area contributed by atoms with Gasteiger partial charge in [-0.25, -0.2) is 4.98 Å². The van der Waals surface area contributed by atoms with E-state index in [1.54, 1.807) is 18.2 Å². The quantitative estimate of drug-likeness (QED) is 0.334. The van der Waals surface area contributed by atoms with E-state index in [1.165, 1.54) is 13.0 Å². The number of para-hydroxylation sites is 1. The van der Waals surface area contributed by atoms with Crippen LogP contribution in [0.15, 0.2) is 24.3 Å². The van der Waals surface area contributed by atoms with Crippen LogP contribution in [0, 0.1) is 17.0 Å². The van der Waals surface area contributed by atoms with Crippen molar-refractivity contribution in [3.8, 4) is 0 Å². The molecule has 0 saturated carbocycles. The highest BCUT2D eigenvalue weighted by atomic mass is 32.1. The summed E-state index contributed by atoms with van der Waals surface area (Å²) >= 11 is 0.770. The maximum atomic E-state index is 12.5. The molecule has 0 radical (unpaired) electrons. The van der Waals surface area contributed by atoms with E-state index in [4.69, 9.17) is 10.5 Å². The fourth-order valence-electron chi connectivity index (χ4n) is 2.13. The van der Waals surface area contributed by atoms with Crippen LogP contribution in [0.25, 0.3) is 0 Å². The molecule has 0 atom stereocenters. The highest BCUT2D eigenvalue weighted by molar-refractivity contribution is 7.19. The van der Waals surface area contributed by atoms with E-state index in [2.05, 4.69) is 15.6 Å². The molecule has 0 aliphatic carbocycles. The monoisotopic (exact) mass is 393 g/mol. The molecule has 1 aromatic heterocycles. The Morgan fingerprint density at radius 3 is 2.70 bits per heavy atom. The molecule has 0 aliphatic heterocycles. The highest BCUT2D eigenvalue weighted by Gasteiger charge is 2.20. The van der Waals surface area contributed by atoms with Gasteiger partial charge >= 0.3 is 5.00 Å². The van der Waals surface area contributed by atoms with E-state index in [1.807, 2.05) is 0 Å². The second kappa shape index (κ2) is 9.71. The van der Waals surface area contributed by atoms with Gasteiger partial charge in [-0.2, -0.15) is 0 Å². The van der Waals surface area contributed by atoms with Gasteiger partial charge in [-0.15, -0.1) is 0 Å². The number of nitro groups is 1. The van der Waals surface area contributed by atoms with Crippen molar-refractivity contribution in [3.05, 3.63) is 45.6 Å². The van der Waals surface area contributed by atoms with Crippen molar-refractivity contribution in [3.63, 3.8) is 0 Å². The molecule has 0 aliphatic rings. The number of hydrogen-bond donors (Lipinski definition) is 3. The third-order valence-electron chi connectivity index (χ3n) is 3.34. The SMILES string of the molecule is Cc1nc(NC(=O)c2ccccc2NC(=O)CCOCCN)sc1[N+](=O)[O-]. The zero-order valence-corrected chi connectivity index (χ0v) is 15.4. The van der Waals surface area contributed by atoms with Gasteiger partial charge in [0.2, 0.25) is 5.91 Å². The van der Waals surface area contributed by atoms with Gasteiger partial charge in [0.05, 0.1) is 35.8 Å². The minimum absolute atomic E-state index is 0.112. The molecule has 10 nitrogen and oxygen atoms in total. The Morgan fingerprint density at radius 2 is 2.04 bits per heavy atom. The topological polar surface area (TPSA) is 149 Å². The second-order valence-corrected chi connectivity index (χ2v) is 6.34. The Kier molecular flexibility index (Phi) is 7.34. The van der Waals surface area contributed by atoms with Crippen LogP contribution < -0.4 is 16.4 Å². The van der Waals surface area contributed by atoms with Crippen LogP contribution in [0.5, 0.6) is 0 Å².